The van der Waals surface area contributed by atoms with E-state index in [-0.39, 0.29) is 0 Å². The van der Waals surface area contributed by atoms with Crippen molar-refractivity contribution in [1.82, 2.24) is 9.97 Å². The molecule has 0 bridgehead atoms. The van der Waals surface area contributed by atoms with E-state index >= 15 is 0 Å². The Labute approximate surface area is 223 Å². The lowest BCUT2D eigenvalue weighted by Gasteiger charge is -1.97. The average Bonchev–Trinajstić information content (AvgIpc) is 3.61. The summed E-state index contributed by atoms with van der Waals surface area (Å²) in [5, 5.41) is 2.15. The number of hydrogen-bond donors (Lipinski definition) is 0. The van der Waals surface area contributed by atoms with Crippen LogP contribution in [0.3, 0.4) is 0 Å². The smallest absolute Gasteiger partial charge is 0.155 e. The zero-order chi connectivity index (χ0) is 23.4. The lowest BCUT2D eigenvalue weighted by atomic mass is 10.2. The zero-order valence-corrected chi connectivity index (χ0v) is 24.0. The van der Waals surface area contributed by atoms with Crippen molar-refractivity contribution < 1.29 is 0 Å². The van der Waals surface area contributed by atoms with E-state index in [0.717, 1.165) is 19.7 Å². The van der Waals surface area contributed by atoms with Crippen LogP contribution in [0.1, 0.15) is 49.3 Å². The minimum absolute atomic E-state index is 0.575. The first-order valence-corrected chi connectivity index (χ1v) is 16.0. The summed E-state index contributed by atoms with van der Waals surface area (Å²) in [4.78, 5) is 22.6. The van der Waals surface area contributed by atoms with Crippen molar-refractivity contribution in [1.29, 1.82) is 0 Å². The second-order valence-corrected chi connectivity index (χ2v) is 15.0. The Balaban J connectivity index is 1.24. The Hall–Kier alpha value is -1.68. The van der Waals surface area contributed by atoms with Crippen LogP contribution in [0.5, 0.6) is 0 Å². The maximum Gasteiger partial charge on any atom is 0.155 e. The molecule has 0 saturated heterocycles. The van der Waals surface area contributed by atoms with Crippen LogP contribution in [-0.4, -0.2) is 9.97 Å². The van der Waals surface area contributed by atoms with Crippen LogP contribution in [0.15, 0.2) is 48.5 Å². The fourth-order valence-corrected chi connectivity index (χ4v) is 9.98. The summed E-state index contributed by atoms with van der Waals surface area (Å²) in [6, 6.07) is 17.9. The summed E-state index contributed by atoms with van der Waals surface area (Å²) >= 11 is 10.9. The highest BCUT2D eigenvalue weighted by molar-refractivity contribution is 7.33. The zero-order valence-electron chi connectivity index (χ0n) is 19.1. The molecule has 0 aliphatic rings. The molecule has 0 unspecified atom stereocenters. The van der Waals surface area contributed by atoms with Gasteiger partial charge in [-0.25, -0.2) is 9.97 Å². The summed E-state index contributed by atoms with van der Waals surface area (Å²) in [6.45, 7) is 9.00. The molecule has 0 aliphatic heterocycles. The van der Waals surface area contributed by atoms with Crippen molar-refractivity contribution >= 4 is 77.7 Å². The number of hydrogen-bond acceptors (Lipinski definition) is 8. The second-order valence-electron chi connectivity index (χ2n) is 8.69. The van der Waals surface area contributed by atoms with Crippen LogP contribution in [0.25, 0.3) is 48.9 Å². The third kappa shape index (κ3) is 4.25. The summed E-state index contributed by atoms with van der Waals surface area (Å²) in [5.41, 5.74) is 0. The molecule has 0 saturated carbocycles. The number of rotatable bonds is 6. The number of thiazole rings is 2. The second kappa shape index (κ2) is 9.08. The maximum atomic E-state index is 4.95. The van der Waals surface area contributed by atoms with Gasteiger partial charge in [0.2, 0.25) is 0 Å². The summed E-state index contributed by atoms with van der Waals surface area (Å²) in [5.74, 6) is 1.15. The lowest BCUT2D eigenvalue weighted by Crippen LogP contribution is -1.77. The van der Waals surface area contributed by atoms with Gasteiger partial charge in [0, 0.05) is 29.3 Å². The van der Waals surface area contributed by atoms with E-state index in [0.29, 0.717) is 11.8 Å². The van der Waals surface area contributed by atoms with E-state index in [9.17, 15) is 0 Å². The molecule has 34 heavy (non-hydrogen) atoms. The molecule has 8 heteroatoms. The molecule has 0 fully saturated rings. The van der Waals surface area contributed by atoms with E-state index in [1.165, 1.54) is 39.0 Å². The fraction of sp³-hybridized carbons (Fsp3) is 0.231. The van der Waals surface area contributed by atoms with Gasteiger partial charge in [0.05, 0.1) is 9.75 Å². The van der Waals surface area contributed by atoms with Gasteiger partial charge in [-0.1, -0.05) is 50.4 Å². The van der Waals surface area contributed by atoms with Gasteiger partial charge in [-0.05, 0) is 60.4 Å². The summed E-state index contributed by atoms with van der Waals surface area (Å²) in [6.07, 6.45) is 0. The van der Waals surface area contributed by atoms with Crippen LogP contribution in [0.4, 0.5) is 0 Å². The van der Waals surface area contributed by atoms with Gasteiger partial charge in [-0.3, -0.25) is 0 Å². The lowest BCUT2D eigenvalue weighted by molar-refractivity contribution is 0.890. The van der Waals surface area contributed by atoms with Crippen molar-refractivity contribution in [2.45, 2.75) is 39.5 Å². The molecule has 0 spiro atoms. The minimum atomic E-state index is 0.575. The third-order valence-corrected chi connectivity index (χ3v) is 13.2. The quantitative estimate of drug-likeness (QED) is 0.205. The molecule has 0 aromatic carbocycles. The first kappa shape index (κ1) is 22.8. The normalized spacial score (nSPS) is 12.1. The van der Waals surface area contributed by atoms with Gasteiger partial charge in [0.1, 0.15) is 10.0 Å². The van der Waals surface area contributed by atoms with Gasteiger partial charge >= 0.3 is 0 Å². The molecule has 6 aromatic heterocycles. The summed E-state index contributed by atoms with van der Waals surface area (Å²) < 4.78 is 0. The Kier molecular flexibility index (Phi) is 6.08. The van der Waals surface area contributed by atoms with Crippen molar-refractivity contribution in [3.8, 4) is 39.3 Å². The molecule has 2 nitrogen and oxygen atoms in total. The molecule has 0 aliphatic carbocycles. The molecule has 172 valence electrons. The highest BCUT2D eigenvalue weighted by atomic mass is 32.1. The van der Waals surface area contributed by atoms with E-state index in [1.807, 2.05) is 45.3 Å². The van der Waals surface area contributed by atoms with E-state index in [2.05, 4.69) is 76.2 Å². The van der Waals surface area contributed by atoms with Gasteiger partial charge in [-0.15, -0.1) is 45.3 Å². The highest BCUT2D eigenvalue weighted by Crippen LogP contribution is 2.44. The average molecular weight is 555 g/mol. The molecule has 0 radical (unpaired) electrons. The molecule has 6 heterocycles. The van der Waals surface area contributed by atoms with Crippen LogP contribution in [0.2, 0.25) is 0 Å². The van der Waals surface area contributed by atoms with E-state index in [4.69, 9.17) is 9.97 Å². The van der Waals surface area contributed by atoms with Crippen LogP contribution < -0.4 is 0 Å². The predicted octanol–water partition coefficient (Wildman–Crippen LogP) is 10.9. The van der Waals surface area contributed by atoms with E-state index < -0.39 is 0 Å². The van der Waals surface area contributed by atoms with Gasteiger partial charge in [-0.2, -0.15) is 0 Å². The van der Waals surface area contributed by atoms with Gasteiger partial charge < -0.3 is 0 Å². The summed E-state index contributed by atoms with van der Waals surface area (Å²) in [7, 11) is 0. The van der Waals surface area contributed by atoms with Crippen molar-refractivity contribution in [2.75, 3.05) is 0 Å². The Morgan fingerprint density at radius 3 is 1.18 bits per heavy atom. The molecule has 0 N–H and O–H groups in total. The number of aromatic nitrogens is 2. The number of nitrogens with zero attached hydrogens (tertiary/aromatic N) is 2. The molecule has 0 amide bonds. The third-order valence-electron chi connectivity index (χ3n) is 5.49. The predicted molar refractivity (Wildman–Crippen MR) is 157 cm³/mol. The van der Waals surface area contributed by atoms with Crippen molar-refractivity contribution in [3.05, 3.63) is 58.3 Å². The van der Waals surface area contributed by atoms with Crippen molar-refractivity contribution in [2.24, 2.45) is 0 Å². The molecule has 6 rings (SSSR count). The number of fused-ring (bicyclic) bond motifs is 1. The van der Waals surface area contributed by atoms with Crippen molar-refractivity contribution in [3.63, 3.8) is 0 Å². The molecular weight excluding hydrogens is 533 g/mol. The monoisotopic (exact) mass is 554 g/mol. The van der Waals surface area contributed by atoms with Crippen LogP contribution in [0, 0.1) is 0 Å². The fourth-order valence-electron chi connectivity index (χ4n) is 3.61. The first-order valence-electron chi connectivity index (χ1n) is 11.1. The maximum absolute atomic E-state index is 4.95. The molecule has 6 aromatic rings. The van der Waals surface area contributed by atoms with Crippen LogP contribution >= 0.6 is 68.0 Å². The number of thiophene rings is 4. The molecule has 0 atom stereocenters. The van der Waals surface area contributed by atoms with Gasteiger partial charge in [0.25, 0.3) is 0 Å². The molecular formula is C26H22N2S6. The highest BCUT2D eigenvalue weighted by Gasteiger charge is 2.17. The standard InChI is InChI=1S/C26H22N2S6/c1-13(2)15-5-7-17(29-15)19-9-11-21(31-19)23-27-25-26(33-23)28-24(34-25)22-12-10-20(32-22)18-8-6-16(30-18)14(3)4/h5-14H,1-4H3. The first-order chi connectivity index (χ1) is 16.4. The Morgan fingerprint density at radius 1 is 0.441 bits per heavy atom. The minimum Gasteiger partial charge on any atom is -0.222 e. The van der Waals surface area contributed by atoms with Crippen LogP contribution in [-0.2, 0) is 0 Å². The Morgan fingerprint density at radius 2 is 0.794 bits per heavy atom. The van der Waals surface area contributed by atoms with E-state index in [1.54, 1.807) is 22.7 Å². The largest absolute Gasteiger partial charge is 0.222 e. The van der Waals surface area contributed by atoms with Gasteiger partial charge in [0.15, 0.2) is 9.66 Å². The SMILES string of the molecule is CC(C)c1ccc(-c2ccc(-c3nc4sc(-c5ccc(-c6ccc(C(C)C)s6)s5)nc4s3)s2)s1. The Bertz CT molecular complexity index is 1440. The topological polar surface area (TPSA) is 25.8 Å².